The van der Waals surface area contributed by atoms with Crippen LogP contribution in [-0.4, -0.2) is 18.1 Å². The molecule has 0 atom stereocenters. The Labute approximate surface area is 193 Å². The van der Waals surface area contributed by atoms with E-state index in [2.05, 4.69) is 10.6 Å². The van der Waals surface area contributed by atoms with Gasteiger partial charge in [0.1, 0.15) is 11.3 Å². The lowest BCUT2D eigenvalue weighted by Crippen LogP contribution is -2.34. The zero-order chi connectivity index (χ0) is 22.7. The number of halogens is 1. The van der Waals surface area contributed by atoms with Crippen LogP contribution in [0.2, 0.25) is 5.02 Å². The van der Waals surface area contributed by atoms with E-state index in [0.29, 0.717) is 38.7 Å². The molecule has 3 aromatic carbocycles. The van der Waals surface area contributed by atoms with E-state index in [9.17, 15) is 9.59 Å². The second-order valence-electron chi connectivity index (χ2n) is 6.79. The largest absolute Gasteiger partial charge is 0.496 e. The third-order valence-electron chi connectivity index (χ3n) is 4.74. The Morgan fingerprint density at radius 2 is 1.75 bits per heavy atom. The van der Waals surface area contributed by atoms with Gasteiger partial charge in [-0.3, -0.25) is 10.1 Å². The number of carbonyl (C=O) groups is 1. The lowest BCUT2D eigenvalue weighted by atomic mass is 10.1. The van der Waals surface area contributed by atoms with Gasteiger partial charge in [0.15, 0.2) is 5.11 Å². The second-order valence-corrected chi connectivity index (χ2v) is 7.60. The van der Waals surface area contributed by atoms with Gasteiger partial charge in [-0.15, -0.1) is 0 Å². The summed E-state index contributed by atoms with van der Waals surface area (Å²) in [5.41, 5.74) is 1.82. The predicted molar refractivity (Wildman–Crippen MR) is 130 cm³/mol. The highest BCUT2D eigenvalue weighted by Crippen LogP contribution is 2.30. The molecule has 160 valence electrons. The zero-order valence-corrected chi connectivity index (χ0v) is 18.4. The van der Waals surface area contributed by atoms with Crippen molar-refractivity contribution in [3.05, 3.63) is 93.8 Å². The van der Waals surface area contributed by atoms with Crippen LogP contribution in [0.25, 0.3) is 22.1 Å². The predicted octanol–water partition coefficient (Wildman–Crippen LogP) is 5.25. The van der Waals surface area contributed by atoms with Crippen LogP contribution in [0.3, 0.4) is 0 Å². The molecule has 0 radical (unpaired) electrons. The Morgan fingerprint density at radius 1 is 1.00 bits per heavy atom. The molecule has 0 bridgehead atoms. The highest BCUT2D eigenvalue weighted by atomic mass is 35.5. The van der Waals surface area contributed by atoms with Crippen LogP contribution in [0.4, 0.5) is 5.69 Å². The summed E-state index contributed by atoms with van der Waals surface area (Å²) in [5.74, 6) is 0.0332. The van der Waals surface area contributed by atoms with Crippen LogP contribution in [0.1, 0.15) is 10.4 Å². The lowest BCUT2D eigenvalue weighted by molar-refractivity contribution is 0.0975. The molecule has 0 aliphatic rings. The Kier molecular flexibility index (Phi) is 6.20. The van der Waals surface area contributed by atoms with Crippen LogP contribution in [0.5, 0.6) is 5.75 Å². The molecule has 0 saturated carbocycles. The third kappa shape index (κ3) is 4.49. The maximum absolute atomic E-state index is 12.5. The molecular weight excluding hydrogens is 448 g/mol. The second kappa shape index (κ2) is 9.21. The molecule has 6 nitrogen and oxygen atoms in total. The number of hydrogen-bond acceptors (Lipinski definition) is 5. The number of rotatable bonds is 4. The van der Waals surface area contributed by atoms with E-state index < -0.39 is 11.5 Å². The first-order valence-electron chi connectivity index (χ1n) is 9.54. The Morgan fingerprint density at radius 3 is 2.53 bits per heavy atom. The van der Waals surface area contributed by atoms with Crippen LogP contribution >= 0.6 is 23.8 Å². The van der Waals surface area contributed by atoms with Crippen LogP contribution in [-0.2, 0) is 0 Å². The van der Waals surface area contributed by atoms with Gasteiger partial charge in [0.2, 0.25) is 0 Å². The number of methoxy groups -OCH3 is 1. The fraction of sp³-hybridized carbons (Fsp3) is 0.0417. The Bertz CT molecular complexity index is 1400. The van der Waals surface area contributed by atoms with Crippen molar-refractivity contribution in [1.29, 1.82) is 0 Å². The fourth-order valence-corrected chi connectivity index (χ4v) is 3.72. The van der Waals surface area contributed by atoms with Gasteiger partial charge in [0.05, 0.1) is 23.3 Å². The van der Waals surface area contributed by atoms with Crippen molar-refractivity contribution < 1.29 is 13.9 Å². The maximum atomic E-state index is 12.5. The molecule has 4 aromatic rings. The van der Waals surface area contributed by atoms with Gasteiger partial charge >= 0.3 is 5.63 Å². The van der Waals surface area contributed by atoms with E-state index in [0.717, 1.165) is 5.39 Å². The number of benzene rings is 3. The van der Waals surface area contributed by atoms with E-state index >= 15 is 0 Å². The molecule has 0 aliphatic heterocycles. The number of para-hydroxylation sites is 2. The standard InChI is InChI=1S/C24H17ClN2O4S/c1-30-21-9-5-3-7-17(21)22(28)27-24(32)26-15-10-11-16(19(25)13-15)18-12-14-6-2-4-8-20(14)31-23(18)29/h2-13H,1H3,(H2,26,27,28,32). The SMILES string of the molecule is COc1ccccc1C(=O)NC(=S)Nc1ccc(-c2cc3ccccc3oc2=O)c(Cl)c1. The number of nitrogens with one attached hydrogen (secondary N) is 2. The molecule has 1 heterocycles. The fourth-order valence-electron chi connectivity index (χ4n) is 3.23. The average molecular weight is 465 g/mol. The van der Waals surface area contributed by atoms with Crippen molar-refractivity contribution in [3.63, 3.8) is 0 Å². The molecule has 4 rings (SSSR count). The van der Waals surface area contributed by atoms with Crippen LogP contribution in [0, 0.1) is 0 Å². The highest BCUT2D eigenvalue weighted by Gasteiger charge is 2.15. The van der Waals surface area contributed by atoms with Gasteiger partial charge in [0, 0.05) is 16.6 Å². The summed E-state index contributed by atoms with van der Waals surface area (Å²) in [6, 6.07) is 20.8. The molecule has 0 unspecified atom stereocenters. The summed E-state index contributed by atoms with van der Waals surface area (Å²) >= 11 is 11.7. The molecule has 32 heavy (non-hydrogen) atoms. The summed E-state index contributed by atoms with van der Waals surface area (Å²) in [7, 11) is 1.49. The normalized spacial score (nSPS) is 10.6. The zero-order valence-electron chi connectivity index (χ0n) is 16.8. The Hall–Kier alpha value is -3.68. The number of carbonyl (C=O) groups excluding carboxylic acids is 1. The molecule has 2 N–H and O–H groups in total. The molecule has 1 amide bonds. The van der Waals surface area contributed by atoms with Crippen molar-refractivity contribution in [1.82, 2.24) is 5.32 Å². The van der Waals surface area contributed by atoms with Gasteiger partial charge < -0.3 is 14.5 Å². The van der Waals surface area contributed by atoms with Crippen molar-refractivity contribution in [3.8, 4) is 16.9 Å². The molecule has 8 heteroatoms. The van der Waals surface area contributed by atoms with Crippen LogP contribution in [0.15, 0.2) is 82.0 Å². The minimum atomic E-state index is -0.481. The van der Waals surface area contributed by atoms with Gasteiger partial charge in [-0.25, -0.2) is 4.79 Å². The first-order chi connectivity index (χ1) is 15.5. The van der Waals surface area contributed by atoms with E-state index in [4.69, 9.17) is 33.0 Å². The number of anilines is 1. The number of fused-ring (bicyclic) bond motifs is 1. The maximum Gasteiger partial charge on any atom is 0.344 e. The van der Waals surface area contributed by atoms with Crippen LogP contribution < -0.4 is 21.0 Å². The van der Waals surface area contributed by atoms with Gasteiger partial charge in [-0.1, -0.05) is 48.0 Å². The number of amides is 1. The molecule has 0 spiro atoms. The first-order valence-corrected chi connectivity index (χ1v) is 10.3. The van der Waals surface area contributed by atoms with Gasteiger partial charge in [-0.05, 0) is 48.6 Å². The summed E-state index contributed by atoms with van der Waals surface area (Å²) in [4.78, 5) is 24.9. The van der Waals surface area contributed by atoms with Crippen molar-refractivity contribution in [2.45, 2.75) is 0 Å². The number of hydrogen-bond donors (Lipinski definition) is 2. The summed E-state index contributed by atoms with van der Waals surface area (Å²) in [5, 5.41) is 6.74. The van der Waals surface area contributed by atoms with E-state index in [1.807, 2.05) is 12.1 Å². The van der Waals surface area contributed by atoms with E-state index in [1.54, 1.807) is 60.7 Å². The summed E-state index contributed by atoms with van der Waals surface area (Å²) in [6.07, 6.45) is 0. The van der Waals surface area contributed by atoms with Crippen molar-refractivity contribution in [2.24, 2.45) is 0 Å². The number of thiocarbonyl (C=S) groups is 1. The quantitative estimate of drug-likeness (QED) is 0.317. The summed E-state index contributed by atoms with van der Waals surface area (Å²) in [6.45, 7) is 0. The highest BCUT2D eigenvalue weighted by molar-refractivity contribution is 7.80. The van der Waals surface area contributed by atoms with Gasteiger partial charge in [-0.2, -0.15) is 0 Å². The average Bonchev–Trinajstić information content (AvgIpc) is 2.79. The molecule has 1 aromatic heterocycles. The van der Waals surface area contributed by atoms with Gasteiger partial charge in [0.25, 0.3) is 5.91 Å². The van der Waals surface area contributed by atoms with Crippen molar-refractivity contribution in [2.75, 3.05) is 12.4 Å². The van der Waals surface area contributed by atoms with Crippen molar-refractivity contribution >= 4 is 51.5 Å². The number of ether oxygens (including phenoxy) is 1. The molecular formula is C24H17ClN2O4S. The lowest BCUT2D eigenvalue weighted by Gasteiger charge is -2.12. The monoisotopic (exact) mass is 464 g/mol. The summed E-state index contributed by atoms with van der Waals surface area (Å²) < 4.78 is 10.6. The Balaban J connectivity index is 1.53. The first kappa shape index (κ1) is 21.5. The molecule has 0 fully saturated rings. The smallest absolute Gasteiger partial charge is 0.344 e. The third-order valence-corrected chi connectivity index (χ3v) is 5.25. The minimum absolute atomic E-state index is 0.0925. The minimum Gasteiger partial charge on any atom is -0.496 e. The molecule has 0 saturated heterocycles. The molecule has 0 aliphatic carbocycles. The van der Waals surface area contributed by atoms with E-state index in [1.165, 1.54) is 7.11 Å². The topological polar surface area (TPSA) is 80.6 Å². The van der Waals surface area contributed by atoms with E-state index in [-0.39, 0.29) is 5.11 Å².